The minimum atomic E-state index is 0.312. The molecule has 0 bridgehead atoms. The fourth-order valence-electron chi connectivity index (χ4n) is 1.32. The molecular formula is C12H14O2. The van der Waals surface area contributed by atoms with Gasteiger partial charge >= 0.3 is 0 Å². The van der Waals surface area contributed by atoms with Gasteiger partial charge in [0.15, 0.2) is 0 Å². The summed E-state index contributed by atoms with van der Waals surface area (Å²) in [5, 5.41) is 0. The number of benzene rings is 1. The van der Waals surface area contributed by atoms with Gasteiger partial charge < -0.3 is 9.47 Å². The molecule has 0 N–H and O–H groups in total. The molecule has 0 saturated carbocycles. The fraction of sp³-hybridized carbons (Fsp3) is 0.333. The van der Waals surface area contributed by atoms with E-state index in [4.69, 9.17) is 9.47 Å². The molecule has 2 heteroatoms. The first-order valence-electron chi connectivity index (χ1n) is 4.83. The van der Waals surface area contributed by atoms with E-state index in [1.54, 1.807) is 0 Å². The van der Waals surface area contributed by atoms with Gasteiger partial charge in [0.05, 0.1) is 6.61 Å². The summed E-state index contributed by atoms with van der Waals surface area (Å²) in [5.41, 5.74) is 1.18. The van der Waals surface area contributed by atoms with Crippen molar-refractivity contribution in [3.8, 4) is 5.75 Å². The van der Waals surface area contributed by atoms with Crippen LogP contribution in [0.15, 0.2) is 36.9 Å². The van der Waals surface area contributed by atoms with Crippen molar-refractivity contribution in [1.82, 2.24) is 0 Å². The van der Waals surface area contributed by atoms with Gasteiger partial charge in [-0.15, -0.1) is 6.58 Å². The number of epoxide rings is 1. The van der Waals surface area contributed by atoms with E-state index < -0.39 is 0 Å². The smallest absolute Gasteiger partial charge is 0.122 e. The van der Waals surface area contributed by atoms with Crippen LogP contribution < -0.4 is 4.74 Å². The molecule has 1 fully saturated rings. The molecule has 0 unspecified atom stereocenters. The SMILES string of the molecule is C=CCc1ccccc1OC[C@@H]1CO1. The zero-order valence-corrected chi connectivity index (χ0v) is 8.11. The highest BCUT2D eigenvalue weighted by Gasteiger charge is 2.23. The average molecular weight is 190 g/mol. The van der Waals surface area contributed by atoms with Crippen LogP contribution in [0.25, 0.3) is 0 Å². The van der Waals surface area contributed by atoms with Crippen molar-refractivity contribution in [2.45, 2.75) is 12.5 Å². The summed E-state index contributed by atoms with van der Waals surface area (Å²) >= 11 is 0. The van der Waals surface area contributed by atoms with Crippen LogP contribution >= 0.6 is 0 Å². The lowest BCUT2D eigenvalue weighted by Crippen LogP contribution is -2.05. The van der Waals surface area contributed by atoms with Gasteiger partial charge in [-0.25, -0.2) is 0 Å². The third-order valence-corrected chi connectivity index (χ3v) is 2.16. The molecule has 1 atom stereocenters. The summed E-state index contributed by atoms with van der Waals surface area (Å²) in [5.74, 6) is 0.947. The lowest BCUT2D eigenvalue weighted by atomic mass is 10.1. The minimum absolute atomic E-state index is 0.312. The molecule has 2 nitrogen and oxygen atoms in total. The quantitative estimate of drug-likeness (QED) is 0.524. The molecule has 14 heavy (non-hydrogen) atoms. The van der Waals surface area contributed by atoms with E-state index in [-0.39, 0.29) is 0 Å². The van der Waals surface area contributed by atoms with Gasteiger partial charge in [0.2, 0.25) is 0 Å². The Bertz CT molecular complexity index is 316. The van der Waals surface area contributed by atoms with Crippen LogP contribution in [-0.4, -0.2) is 19.3 Å². The molecule has 74 valence electrons. The Morgan fingerprint density at radius 1 is 1.50 bits per heavy atom. The lowest BCUT2D eigenvalue weighted by molar-refractivity contribution is 0.261. The van der Waals surface area contributed by atoms with Crippen LogP contribution in [0.1, 0.15) is 5.56 Å². The highest BCUT2D eigenvalue weighted by atomic mass is 16.6. The summed E-state index contributed by atoms with van der Waals surface area (Å²) in [6.45, 7) is 5.22. The molecule has 1 heterocycles. The van der Waals surface area contributed by atoms with Gasteiger partial charge in [-0.3, -0.25) is 0 Å². The maximum Gasteiger partial charge on any atom is 0.122 e. The van der Waals surface area contributed by atoms with Crippen LogP contribution in [0.4, 0.5) is 0 Å². The summed E-state index contributed by atoms with van der Waals surface area (Å²) in [6.07, 6.45) is 3.05. The zero-order chi connectivity index (χ0) is 9.80. The molecule has 0 amide bonds. The minimum Gasteiger partial charge on any atom is -0.490 e. The van der Waals surface area contributed by atoms with Crippen LogP contribution in [0.5, 0.6) is 5.75 Å². The van der Waals surface area contributed by atoms with Gasteiger partial charge in [0.1, 0.15) is 18.5 Å². The normalized spacial score (nSPS) is 19.0. The number of para-hydroxylation sites is 1. The Hall–Kier alpha value is -1.28. The van der Waals surface area contributed by atoms with Gasteiger partial charge in [-0.2, -0.15) is 0 Å². The number of allylic oxidation sites excluding steroid dienone is 1. The molecule has 0 aliphatic carbocycles. The predicted molar refractivity (Wildman–Crippen MR) is 55.6 cm³/mol. The first kappa shape index (κ1) is 9.28. The van der Waals surface area contributed by atoms with Crippen molar-refractivity contribution >= 4 is 0 Å². The van der Waals surface area contributed by atoms with E-state index in [1.165, 1.54) is 5.56 Å². The van der Waals surface area contributed by atoms with Crippen molar-refractivity contribution in [2.24, 2.45) is 0 Å². The fourth-order valence-corrected chi connectivity index (χ4v) is 1.32. The first-order chi connectivity index (χ1) is 6.90. The second-order valence-corrected chi connectivity index (χ2v) is 3.37. The van der Waals surface area contributed by atoms with Crippen molar-refractivity contribution in [1.29, 1.82) is 0 Å². The maximum absolute atomic E-state index is 5.64. The molecule has 0 spiro atoms. The molecule has 1 aliphatic rings. The molecule has 2 rings (SSSR count). The van der Waals surface area contributed by atoms with Crippen LogP contribution in [0.2, 0.25) is 0 Å². The lowest BCUT2D eigenvalue weighted by Gasteiger charge is -2.08. The maximum atomic E-state index is 5.64. The van der Waals surface area contributed by atoms with E-state index in [0.717, 1.165) is 18.8 Å². The summed E-state index contributed by atoms with van der Waals surface area (Å²) < 4.78 is 10.7. The molecule has 1 aliphatic heterocycles. The standard InChI is InChI=1S/C12H14O2/c1-2-5-10-6-3-4-7-12(10)14-9-11-8-13-11/h2-4,6-7,11H,1,5,8-9H2/t11-/m0/s1. The van der Waals surface area contributed by atoms with E-state index >= 15 is 0 Å². The van der Waals surface area contributed by atoms with Gasteiger partial charge in [-0.05, 0) is 18.1 Å². The third-order valence-electron chi connectivity index (χ3n) is 2.16. The largest absolute Gasteiger partial charge is 0.490 e. The monoisotopic (exact) mass is 190 g/mol. The number of hydrogen-bond donors (Lipinski definition) is 0. The van der Waals surface area contributed by atoms with E-state index in [9.17, 15) is 0 Å². The average Bonchev–Trinajstić information content (AvgIpc) is 3.01. The first-order valence-corrected chi connectivity index (χ1v) is 4.83. The Morgan fingerprint density at radius 2 is 2.29 bits per heavy atom. The number of hydrogen-bond acceptors (Lipinski definition) is 2. The summed E-state index contributed by atoms with van der Waals surface area (Å²) in [7, 11) is 0. The van der Waals surface area contributed by atoms with Gasteiger partial charge in [-0.1, -0.05) is 24.3 Å². The summed E-state index contributed by atoms with van der Waals surface area (Å²) in [4.78, 5) is 0. The van der Waals surface area contributed by atoms with Gasteiger partial charge in [0, 0.05) is 0 Å². The van der Waals surface area contributed by atoms with Gasteiger partial charge in [0.25, 0.3) is 0 Å². The summed E-state index contributed by atoms with van der Waals surface area (Å²) in [6, 6.07) is 8.04. The van der Waals surface area contributed by atoms with Crippen molar-refractivity contribution in [3.63, 3.8) is 0 Å². The Kier molecular flexibility index (Phi) is 2.84. The Morgan fingerprint density at radius 3 is 3.00 bits per heavy atom. The van der Waals surface area contributed by atoms with Crippen LogP contribution in [0, 0.1) is 0 Å². The van der Waals surface area contributed by atoms with Crippen molar-refractivity contribution < 1.29 is 9.47 Å². The van der Waals surface area contributed by atoms with Crippen molar-refractivity contribution in [2.75, 3.05) is 13.2 Å². The molecule has 1 aromatic rings. The Labute approximate surface area is 84.2 Å². The van der Waals surface area contributed by atoms with E-state index in [2.05, 4.69) is 12.6 Å². The van der Waals surface area contributed by atoms with E-state index in [1.807, 2.05) is 24.3 Å². The van der Waals surface area contributed by atoms with Crippen LogP contribution in [-0.2, 0) is 11.2 Å². The zero-order valence-electron chi connectivity index (χ0n) is 8.11. The molecular weight excluding hydrogens is 176 g/mol. The van der Waals surface area contributed by atoms with Crippen LogP contribution in [0.3, 0.4) is 0 Å². The highest BCUT2D eigenvalue weighted by Crippen LogP contribution is 2.20. The Balaban J connectivity index is 2.01. The number of ether oxygens (including phenoxy) is 2. The second kappa shape index (κ2) is 4.29. The molecule has 0 aromatic heterocycles. The van der Waals surface area contributed by atoms with E-state index in [0.29, 0.717) is 12.7 Å². The predicted octanol–water partition coefficient (Wildman–Crippen LogP) is 2.19. The highest BCUT2D eigenvalue weighted by molar-refractivity contribution is 5.34. The van der Waals surface area contributed by atoms with Crippen molar-refractivity contribution in [3.05, 3.63) is 42.5 Å². The number of rotatable bonds is 5. The second-order valence-electron chi connectivity index (χ2n) is 3.37. The molecule has 1 saturated heterocycles. The molecule has 1 aromatic carbocycles. The third kappa shape index (κ3) is 2.36. The topological polar surface area (TPSA) is 21.8 Å². The molecule has 0 radical (unpaired) electrons.